The Kier molecular flexibility index (Phi) is 3.92. The maximum absolute atomic E-state index is 11.9. The fourth-order valence-electron chi connectivity index (χ4n) is 1.79. The number of pyridine rings is 1. The molecule has 0 atom stereocenters. The largest absolute Gasteiger partial charge is 0.628 e. The molecule has 104 valence electrons. The van der Waals surface area contributed by atoms with E-state index in [-0.39, 0.29) is 0 Å². The van der Waals surface area contributed by atoms with E-state index in [2.05, 4.69) is 15.2 Å². The third-order valence-corrected chi connectivity index (χ3v) is 2.96. The maximum Gasteiger partial charge on any atom is 0.132 e. The number of azo groups is 1. The van der Waals surface area contributed by atoms with E-state index in [4.69, 9.17) is 0 Å². The summed E-state index contributed by atoms with van der Waals surface area (Å²) in [4.78, 5) is 4.11. The second-order valence-corrected chi connectivity index (χ2v) is 5.18. The van der Waals surface area contributed by atoms with Gasteiger partial charge >= 0.3 is 0 Å². The summed E-state index contributed by atoms with van der Waals surface area (Å²) in [5.74, 6) is 0. The predicted octanol–water partition coefficient (Wildman–Crippen LogP) is 4.18. The average molecular weight is 270 g/mol. The van der Waals surface area contributed by atoms with Gasteiger partial charge in [0.1, 0.15) is 5.69 Å². The van der Waals surface area contributed by atoms with Crippen LogP contribution in [0.5, 0.6) is 0 Å². The summed E-state index contributed by atoms with van der Waals surface area (Å²) in [7, 11) is 3.19. The minimum absolute atomic E-state index is 0.457. The molecular formula is C15H18N4O. The molecule has 5 nitrogen and oxygen atoms in total. The van der Waals surface area contributed by atoms with Crippen LogP contribution in [0.3, 0.4) is 0 Å². The van der Waals surface area contributed by atoms with E-state index in [1.54, 1.807) is 32.4 Å². The lowest BCUT2D eigenvalue weighted by atomic mass is 10.2. The van der Waals surface area contributed by atoms with Crippen molar-refractivity contribution >= 4 is 17.1 Å². The van der Waals surface area contributed by atoms with Crippen molar-refractivity contribution in [2.24, 2.45) is 10.2 Å². The number of quaternary nitrogens is 1. The van der Waals surface area contributed by atoms with Crippen LogP contribution in [0.15, 0.2) is 46.8 Å². The van der Waals surface area contributed by atoms with Gasteiger partial charge in [0.15, 0.2) is 0 Å². The first-order valence-corrected chi connectivity index (χ1v) is 6.37. The number of nitrogens with zero attached hydrogens (tertiary/aromatic N) is 4. The Hall–Kier alpha value is -2.11. The van der Waals surface area contributed by atoms with E-state index in [0.29, 0.717) is 5.69 Å². The second kappa shape index (κ2) is 5.48. The fraction of sp³-hybridized carbons (Fsp3) is 0.267. The van der Waals surface area contributed by atoms with Gasteiger partial charge in [0.05, 0.1) is 25.5 Å². The normalized spacial score (nSPS) is 12.1. The summed E-state index contributed by atoms with van der Waals surface area (Å²) in [6, 6.07) is 9.12. The molecule has 0 saturated carbocycles. The molecule has 0 spiro atoms. The van der Waals surface area contributed by atoms with Crippen molar-refractivity contribution in [3.05, 3.63) is 53.0 Å². The van der Waals surface area contributed by atoms with Gasteiger partial charge in [-0.2, -0.15) is 10.2 Å². The molecular weight excluding hydrogens is 252 g/mol. The van der Waals surface area contributed by atoms with E-state index >= 15 is 0 Å². The van der Waals surface area contributed by atoms with Gasteiger partial charge < -0.3 is 9.85 Å². The summed E-state index contributed by atoms with van der Waals surface area (Å²) in [5, 5.41) is 20.3. The third kappa shape index (κ3) is 3.46. The standard InChI is InChI=1S/C15H18N4O/c1-11-9-14(19(3,4)20)5-6-15(11)18-17-13-7-8-16-12(2)10-13/h5-10H,1-4H3. The first kappa shape index (κ1) is 14.3. The number of hydrogen-bond donors (Lipinski definition) is 0. The number of hydrogen-bond acceptors (Lipinski definition) is 4. The van der Waals surface area contributed by atoms with Gasteiger partial charge in [0.2, 0.25) is 0 Å². The molecule has 2 rings (SSSR count). The minimum Gasteiger partial charge on any atom is -0.628 e. The molecule has 1 aromatic heterocycles. The number of hydroxylamine groups is 2. The van der Waals surface area contributed by atoms with Gasteiger partial charge in [-0.1, -0.05) is 0 Å². The molecule has 20 heavy (non-hydrogen) atoms. The zero-order valence-electron chi connectivity index (χ0n) is 12.2. The van der Waals surface area contributed by atoms with Crippen molar-refractivity contribution in [1.82, 2.24) is 9.63 Å². The fourth-order valence-corrected chi connectivity index (χ4v) is 1.79. The molecule has 0 amide bonds. The molecule has 0 unspecified atom stereocenters. The Morgan fingerprint density at radius 1 is 1.05 bits per heavy atom. The lowest BCUT2D eigenvalue weighted by molar-refractivity contribution is 0.543. The molecule has 1 aromatic carbocycles. The highest BCUT2D eigenvalue weighted by atomic mass is 16.5. The molecule has 0 aliphatic rings. The van der Waals surface area contributed by atoms with Gasteiger partial charge in [0.25, 0.3) is 0 Å². The van der Waals surface area contributed by atoms with Gasteiger partial charge in [-0.3, -0.25) is 4.98 Å². The monoisotopic (exact) mass is 270 g/mol. The Balaban J connectivity index is 2.26. The summed E-state index contributed by atoms with van der Waals surface area (Å²) in [6.45, 7) is 3.83. The molecule has 1 heterocycles. The van der Waals surface area contributed by atoms with Crippen LogP contribution in [0.4, 0.5) is 17.1 Å². The highest BCUT2D eigenvalue weighted by molar-refractivity contribution is 5.55. The lowest BCUT2D eigenvalue weighted by Crippen LogP contribution is -2.32. The Labute approximate surface area is 118 Å². The van der Waals surface area contributed by atoms with Crippen molar-refractivity contribution in [3.63, 3.8) is 0 Å². The van der Waals surface area contributed by atoms with Crippen LogP contribution in [-0.2, 0) is 0 Å². The van der Waals surface area contributed by atoms with Crippen molar-refractivity contribution in [3.8, 4) is 0 Å². The quantitative estimate of drug-likeness (QED) is 0.477. The van der Waals surface area contributed by atoms with E-state index in [1.165, 1.54) is 0 Å². The van der Waals surface area contributed by atoms with Gasteiger partial charge in [-0.25, -0.2) is 0 Å². The smallest absolute Gasteiger partial charge is 0.132 e. The van der Waals surface area contributed by atoms with Crippen molar-refractivity contribution in [2.45, 2.75) is 13.8 Å². The predicted molar refractivity (Wildman–Crippen MR) is 81.3 cm³/mol. The molecule has 5 heteroatoms. The maximum atomic E-state index is 11.9. The Bertz CT molecular complexity index is 645. The Morgan fingerprint density at radius 3 is 2.40 bits per heavy atom. The highest BCUT2D eigenvalue weighted by Crippen LogP contribution is 2.27. The lowest BCUT2D eigenvalue weighted by Gasteiger charge is -2.33. The van der Waals surface area contributed by atoms with E-state index in [0.717, 1.165) is 22.6 Å². The van der Waals surface area contributed by atoms with Crippen molar-refractivity contribution < 1.29 is 0 Å². The highest BCUT2D eigenvalue weighted by Gasteiger charge is 2.09. The van der Waals surface area contributed by atoms with Crippen LogP contribution in [0.1, 0.15) is 11.3 Å². The summed E-state index contributed by atoms with van der Waals surface area (Å²) >= 11 is 0. The molecule has 0 aliphatic carbocycles. The molecule has 0 fully saturated rings. The molecule has 0 saturated heterocycles. The Morgan fingerprint density at radius 2 is 1.80 bits per heavy atom. The topological polar surface area (TPSA) is 60.7 Å². The number of aromatic nitrogens is 1. The van der Waals surface area contributed by atoms with Gasteiger partial charge in [-0.15, -0.1) is 0 Å². The summed E-state index contributed by atoms with van der Waals surface area (Å²) in [6.07, 6.45) is 1.71. The van der Waals surface area contributed by atoms with Crippen molar-refractivity contribution in [1.29, 1.82) is 0 Å². The minimum atomic E-state index is -0.457. The zero-order chi connectivity index (χ0) is 14.8. The molecule has 0 bridgehead atoms. The van der Waals surface area contributed by atoms with Crippen LogP contribution in [0.2, 0.25) is 0 Å². The van der Waals surface area contributed by atoms with Crippen LogP contribution in [0.25, 0.3) is 0 Å². The van der Waals surface area contributed by atoms with E-state index in [9.17, 15) is 5.21 Å². The van der Waals surface area contributed by atoms with Crippen LogP contribution in [0, 0.1) is 19.1 Å². The van der Waals surface area contributed by atoms with Crippen LogP contribution < -0.4 is 4.65 Å². The molecule has 0 aliphatic heterocycles. The van der Waals surface area contributed by atoms with Crippen molar-refractivity contribution in [2.75, 3.05) is 14.1 Å². The molecule has 2 aromatic rings. The van der Waals surface area contributed by atoms with Crippen LogP contribution in [-0.4, -0.2) is 19.1 Å². The first-order chi connectivity index (χ1) is 9.36. The first-order valence-electron chi connectivity index (χ1n) is 6.37. The number of benzene rings is 1. The summed E-state index contributed by atoms with van der Waals surface area (Å²) < 4.78 is -0.457. The van der Waals surface area contributed by atoms with Crippen LogP contribution >= 0.6 is 0 Å². The molecule has 0 radical (unpaired) electrons. The average Bonchev–Trinajstić information content (AvgIpc) is 2.36. The van der Waals surface area contributed by atoms with Gasteiger partial charge in [-0.05, 0) is 37.6 Å². The second-order valence-electron chi connectivity index (χ2n) is 5.18. The molecule has 0 N–H and O–H groups in total. The summed E-state index contributed by atoms with van der Waals surface area (Å²) in [5.41, 5.74) is 4.05. The van der Waals surface area contributed by atoms with E-state index < -0.39 is 4.65 Å². The zero-order valence-corrected chi connectivity index (χ0v) is 12.2. The van der Waals surface area contributed by atoms with Gasteiger partial charge in [0, 0.05) is 24.0 Å². The number of rotatable bonds is 3. The third-order valence-electron chi connectivity index (χ3n) is 2.96. The SMILES string of the molecule is Cc1cc(N=Nc2ccc([N+](C)(C)[O-])cc2C)ccn1. The van der Waals surface area contributed by atoms with E-state index in [1.807, 2.05) is 32.0 Å². The number of aryl methyl sites for hydroxylation is 2.